The molecule has 5 heteroatoms. The van der Waals surface area contributed by atoms with Gasteiger partial charge in [-0.3, -0.25) is 0 Å². The molecule has 0 aliphatic heterocycles. The van der Waals surface area contributed by atoms with Crippen molar-refractivity contribution in [2.45, 2.75) is 9.79 Å². The molecule has 0 aliphatic carbocycles. The topological polar surface area (TPSA) is 63.3 Å². The van der Waals surface area contributed by atoms with Gasteiger partial charge in [-0.05, 0) is 58.4 Å². The van der Waals surface area contributed by atoms with E-state index in [1.165, 1.54) is 11.8 Å². The van der Waals surface area contributed by atoms with Crippen LogP contribution < -0.4 is 5.73 Å². The van der Waals surface area contributed by atoms with Gasteiger partial charge >= 0.3 is 5.97 Å². The van der Waals surface area contributed by atoms with E-state index in [0.29, 0.717) is 10.2 Å². The van der Waals surface area contributed by atoms with Gasteiger partial charge in [-0.25, -0.2) is 4.79 Å². The summed E-state index contributed by atoms with van der Waals surface area (Å²) in [4.78, 5) is 12.9. The molecule has 0 bridgehead atoms. The second kappa shape index (κ2) is 5.46. The van der Waals surface area contributed by atoms with Crippen LogP contribution in [0.15, 0.2) is 56.7 Å². The van der Waals surface area contributed by atoms with Crippen LogP contribution >= 0.6 is 27.7 Å². The monoisotopic (exact) mass is 323 g/mol. The third-order valence-corrected chi connectivity index (χ3v) is 3.97. The minimum atomic E-state index is -0.943. The fourth-order valence-electron chi connectivity index (χ4n) is 1.40. The summed E-state index contributed by atoms with van der Waals surface area (Å²) in [5, 5.41) is 9.04. The minimum Gasteiger partial charge on any atom is -0.478 e. The first-order valence-corrected chi connectivity index (χ1v) is 6.73. The number of aromatic carboxylic acids is 1. The average Bonchev–Trinajstić information content (AvgIpc) is 2.34. The van der Waals surface area contributed by atoms with Crippen molar-refractivity contribution in [2.24, 2.45) is 0 Å². The van der Waals surface area contributed by atoms with E-state index < -0.39 is 5.97 Å². The second-order valence-electron chi connectivity index (χ2n) is 3.62. The predicted octanol–water partition coefficient (Wildman–Crippen LogP) is 3.88. The van der Waals surface area contributed by atoms with E-state index in [-0.39, 0.29) is 5.56 Å². The lowest BCUT2D eigenvalue weighted by molar-refractivity contribution is 0.0695. The molecule has 0 fully saturated rings. The van der Waals surface area contributed by atoms with Gasteiger partial charge in [0.25, 0.3) is 0 Å². The van der Waals surface area contributed by atoms with E-state index in [2.05, 4.69) is 15.9 Å². The summed E-state index contributed by atoms with van der Waals surface area (Å²) in [5.74, 6) is -0.943. The number of halogens is 1. The molecule has 0 saturated carbocycles. The Morgan fingerprint density at radius 3 is 2.33 bits per heavy atom. The Morgan fingerprint density at radius 1 is 1.11 bits per heavy atom. The Hall–Kier alpha value is -1.46. The highest BCUT2D eigenvalue weighted by Gasteiger charge is 2.09. The van der Waals surface area contributed by atoms with Gasteiger partial charge in [0.1, 0.15) is 0 Å². The zero-order chi connectivity index (χ0) is 13.1. The predicted molar refractivity (Wildman–Crippen MR) is 76.1 cm³/mol. The summed E-state index contributed by atoms with van der Waals surface area (Å²) in [6.45, 7) is 0. The molecule has 2 aromatic rings. The van der Waals surface area contributed by atoms with E-state index >= 15 is 0 Å². The van der Waals surface area contributed by atoms with Gasteiger partial charge in [0.05, 0.1) is 5.56 Å². The van der Waals surface area contributed by atoms with Crippen molar-refractivity contribution >= 4 is 39.3 Å². The molecule has 0 aliphatic rings. The first-order chi connectivity index (χ1) is 8.56. The van der Waals surface area contributed by atoms with E-state index in [9.17, 15) is 4.79 Å². The number of carboxylic acids is 1. The van der Waals surface area contributed by atoms with Crippen LogP contribution in [0.4, 0.5) is 5.69 Å². The van der Waals surface area contributed by atoms with E-state index in [1.54, 1.807) is 12.1 Å². The lowest BCUT2D eigenvalue weighted by Crippen LogP contribution is -1.97. The van der Waals surface area contributed by atoms with Crippen LogP contribution in [-0.2, 0) is 0 Å². The maximum atomic E-state index is 11.0. The lowest BCUT2D eigenvalue weighted by Gasteiger charge is -2.05. The summed E-state index contributed by atoms with van der Waals surface area (Å²) >= 11 is 4.72. The van der Waals surface area contributed by atoms with Crippen molar-refractivity contribution in [3.63, 3.8) is 0 Å². The van der Waals surface area contributed by atoms with Gasteiger partial charge in [0, 0.05) is 20.0 Å². The number of carboxylic acid groups (broad SMARTS) is 1. The SMILES string of the molecule is Nc1ccc(Sc2ccc(Br)c(C(=O)O)c2)cc1. The van der Waals surface area contributed by atoms with Crippen molar-refractivity contribution in [3.05, 3.63) is 52.5 Å². The number of benzene rings is 2. The van der Waals surface area contributed by atoms with Crippen molar-refractivity contribution in [1.29, 1.82) is 0 Å². The van der Waals surface area contributed by atoms with Crippen molar-refractivity contribution in [3.8, 4) is 0 Å². The molecular weight excluding hydrogens is 314 g/mol. The number of nitrogens with two attached hydrogens (primary N) is 1. The third-order valence-electron chi connectivity index (χ3n) is 2.28. The van der Waals surface area contributed by atoms with Crippen LogP contribution in [0.1, 0.15) is 10.4 Å². The molecule has 3 N–H and O–H groups in total. The zero-order valence-corrected chi connectivity index (χ0v) is 11.7. The van der Waals surface area contributed by atoms with Crippen LogP contribution in [0.2, 0.25) is 0 Å². The molecular formula is C13H10BrNO2S. The van der Waals surface area contributed by atoms with Crippen molar-refractivity contribution in [2.75, 3.05) is 5.73 Å². The van der Waals surface area contributed by atoms with Crippen LogP contribution in [0, 0.1) is 0 Å². The van der Waals surface area contributed by atoms with E-state index in [4.69, 9.17) is 10.8 Å². The van der Waals surface area contributed by atoms with Crippen molar-refractivity contribution in [1.82, 2.24) is 0 Å². The molecule has 0 amide bonds. The molecule has 0 spiro atoms. The maximum Gasteiger partial charge on any atom is 0.336 e. The summed E-state index contributed by atoms with van der Waals surface area (Å²) in [6.07, 6.45) is 0. The first-order valence-electron chi connectivity index (χ1n) is 5.12. The summed E-state index contributed by atoms with van der Waals surface area (Å²) in [7, 11) is 0. The Labute approximate surface area is 117 Å². The Morgan fingerprint density at radius 2 is 1.72 bits per heavy atom. The number of nitrogen functional groups attached to an aromatic ring is 1. The number of anilines is 1. The van der Waals surface area contributed by atoms with Gasteiger partial charge in [0.15, 0.2) is 0 Å². The number of hydrogen-bond donors (Lipinski definition) is 2. The molecule has 0 saturated heterocycles. The largest absolute Gasteiger partial charge is 0.478 e. The first kappa shape index (κ1) is 13.0. The van der Waals surface area contributed by atoms with Gasteiger partial charge in [-0.1, -0.05) is 11.8 Å². The quantitative estimate of drug-likeness (QED) is 0.841. The smallest absolute Gasteiger partial charge is 0.336 e. The van der Waals surface area contributed by atoms with Crippen LogP contribution in [-0.4, -0.2) is 11.1 Å². The Bertz CT molecular complexity index is 584. The normalized spacial score (nSPS) is 10.3. The van der Waals surface area contributed by atoms with Gasteiger partial charge in [-0.2, -0.15) is 0 Å². The molecule has 0 unspecified atom stereocenters. The van der Waals surface area contributed by atoms with Gasteiger partial charge < -0.3 is 10.8 Å². The molecule has 92 valence electrons. The maximum absolute atomic E-state index is 11.0. The zero-order valence-electron chi connectivity index (χ0n) is 9.26. The Kier molecular flexibility index (Phi) is 3.93. The molecule has 2 rings (SSSR count). The molecule has 0 atom stereocenters. The molecule has 18 heavy (non-hydrogen) atoms. The van der Waals surface area contributed by atoms with Crippen molar-refractivity contribution < 1.29 is 9.90 Å². The number of rotatable bonds is 3. The highest BCUT2D eigenvalue weighted by atomic mass is 79.9. The molecule has 0 heterocycles. The molecule has 2 aromatic carbocycles. The number of hydrogen-bond acceptors (Lipinski definition) is 3. The average molecular weight is 324 g/mol. The second-order valence-corrected chi connectivity index (χ2v) is 5.62. The van der Waals surface area contributed by atoms with Gasteiger partial charge in [-0.15, -0.1) is 0 Å². The highest BCUT2D eigenvalue weighted by Crippen LogP contribution is 2.31. The minimum absolute atomic E-state index is 0.260. The lowest BCUT2D eigenvalue weighted by atomic mass is 10.2. The standard InChI is InChI=1S/C13H10BrNO2S/c14-12-6-5-10(7-11(12)13(16)17)18-9-3-1-8(15)2-4-9/h1-7H,15H2,(H,16,17). The van der Waals surface area contributed by atoms with Crippen LogP contribution in [0.5, 0.6) is 0 Å². The number of carbonyl (C=O) groups is 1. The summed E-state index contributed by atoms with van der Waals surface area (Å²) < 4.78 is 0.580. The van der Waals surface area contributed by atoms with E-state index in [0.717, 1.165) is 9.79 Å². The Balaban J connectivity index is 2.27. The van der Waals surface area contributed by atoms with Crippen LogP contribution in [0.3, 0.4) is 0 Å². The summed E-state index contributed by atoms with van der Waals surface area (Å²) in [6, 6.07) is 12.7. The molecule has 3 nitrogen and oxygen atoms in total. The molecule has 0 radical (unpaired) electrons. The fourth-order valence-corrected chi connectivity index (χ4v) is 2.68. The van der Waals surface area contributed by atoms with Gasteiger partial charge in [0.2, 0.25) is 0 Å². The van der Waals surface area contributed by atoms with Crippen LogP contribution in [0.25, 0.3) is 0 Å². The fraction of sp³-hybridized carbons (Fsp3) is 0. The summed E-state index contributed by atoms with van der Waals surface area (Å²) in [5.41, 5.74) is 6.58. The highest BCUT2D eigenvalue weighted by molar-refractivity contribution is 9.10. The molecule has 0 aromatic heterocycles. The third kappa shape index (κ3) is 3.05. The van der Waals surface area contributed by atoms with E-state index in [1.807, 2.05) is 30.3 Å².